The van der Waals surface area contributed by atoms with Crippen LogP contribution in [0.4, 0.5) is 0 Å². The van der Waals surface area contributed by atoms with Gasteiger partial charge in [0.25, 0.3) is 0 Å². The Morgan fingerprint density at radius 2 is 0.886 bits per heavy atom. The number of rotatable bonds is 24. The molecule has 0 saturated heterocycles. The summed E-state index contributed by atoms with van der Waals surface area (Å²) >= 11 is 0. The van der Waals surface area contributed by atoms with Crippen LogP contribution in [-0.4, -0.2) is 161 Å². The molecule has 13 heteroatoms. The van der Waals surface area contributed by atoms with Gasteiger partial charge in [-0.2, -0.15) is 0 Å². The highest BCUT2D eigenvalue weighted by Gasteiger charge is 2.16. The van der Waals surface area contributed by atoms with Gasteiger partial charge in [0.15, 0.2) is 0 Å². The summed E-state index contributed by atoms with van der Waals surface area (Å²) in [6.07, 6.45) is 1.28. The average Bonchev–Trinajstić information content (AvgIpc) is 2.98. The molecule has 0 aliphatic heterocycles. The number of aliphatic hydroxyl groups excluding tert-OH is 4. The summed E-state index contributed by atoms with van der Waals surface area (Å²) in [6.45, 7) is 16.1. The quantitative estimate of drug-likeness (QED) is 0.111. The van der Waals surface area contributed by atoms with E-state index in [9.17, 15) is 5.11 Å². The van der Waals surface area contributed by atoms with Crippen molar-refractivity contribution in [3.63, 3.8) is 0 Å². The van der Waals surface area contributed by atoms with E-state index in [4.69, 9.17) is 53.2 Å². The first-order valence-corrected chi connectivity index (χ1v) is 17.3. The molecule has 4 N–H and O–H groups in total. The topological polar surface area (TPSA) is 155 Å². The lowest BCUT2D eigenvalue weighted by Gasteiger charge is -2.22. The van der Waals surface area contributed by atoms with Crippen molar-refractivity contribution >= 4 is 10.2 Å². The van der Waals surface area contributed by atoms with E-state index in [1.807, 2.05) is 20.8 Å². The van der Waals surface area contributed by atoms with Crippen LogP contribution < -0.4 is 0 Å². The summed E-state index contributed by atoms with van der Waals surface area (Å²) in [6, 6.07) is 1.46. The maximum absolute atomic E-state index is 9.24. The molecule has 0 bridgehead atoms. The van der Waals surface area contributed by atoms with Crippen molar-refractivity contribution in [1.82, 2.24) is 0 Å². The van der Waals surface area contributed by atoms with E-state index < -0.39 is 6.10 Å². The molecule has 0 aromatic carbocycles. The third-order valence-corrected chi connectivity index (χ3v) is 6.46. The first kappa shape index (κ1) is 50.6. The lowest BCUT2D eigenvalue weighted by atomic mass is 10.1. The number of ether oxygens (including phenoxy) is 8. The summed E-state index contributed by atoms with van der Waals surface area (Å²) in [5, 5.41) is 36.0. The van der Waals surface area contributed by atoms with Crippen molar-refractivity contribution in [1.29, 1.82) is 0 Å². The third kappa shape index (κ3) is 46.2. The molecular weight excluding hydrogens is 592 g/mol. The number of hydrogen-bond donors (Lipinski definition) is 4. The molecule has 0 saturated carbocycles. The van der Waals surface area contributed by atoms with Gasteiger partial charge in [0.05, 0.1) is 102 Å². The zero-order valence-corrected chi connectivity index (χ0v) is 32.2. The minimum absolute atomic E-state index is 0.0366. The molecule has 8 unspecified atom stereocenters. The first-order chi connectivity index (χ1) is 20.8. The predicted octanol–water partition coefficient (Wildman–Crippen LogP) is 1.61. The van der Waals surface area contributed by atoms with Gasteiger partial charge in [-0.05, 0) is 54.4 Å². The molecule has 44 heavy (non-hydrogen) atoms. The standard InChI is InChI=1S/C14H30O6.2C7H16O3.C3H10Si/c1-11(16)8-19-13(7-15)5-6-14(10-17-3)20-9-12(2)18-4;2*1-6(8)4-10-7(2)5-9-3;1-2-3-4/h11-16H,5-10H2,1-4H3;2*6-8H,4-5H2,1-3H3;2-3H2,1,4H3. The first-order valence-electron chi connectivity index (χ1n) is 15.9. The highest BCUT2D eigenvalue weighted by Crippen LogP contribution is 2.10. The van der Waals surface area contributed by atoms with Crippen molar-refractivity contribution < 1.29 is 58.3 Å². The van der Waals surface area contributed by atoms with Gasteiger partial charge in [0, 0.05) is 38.7 Å². The SMILES string of the molecule is CCC[SiH3].COCC(C)OCC(C)O.COCC(C)OCC(C)O.COCC(CCC(CO)OCC(C)O)OCC(C)OC. The molecule has 0 aliphatic rings. The van der Waals surface area contributed by atoms with E-state index in [0.29, 0.717) is 46.1 Å². The lowest BCUT2D eigenvalue weighted by Crippen LogP contribution is -2.28. The van der Waals surface area contributed by atoms with Crippen LogP contribution in [0.1, 0.15) is 67.7 Å². The van der Waals surface area contributed by atoms with E-state index in [2.05, 4.69) is 6.92 Å². The zero-order valence-electron chi connectivity index (χ0n) is 30.2. The fourth-order valence-electron chi connectivity index (χ4n) is 2.79. The number of aliphatic hydroxyl groups is 4. The molecular formula is C31H72O12Si. The molecule has 8 atom stereocenters. The van der Waals surface area contributed by atoms with Crippen molar-refractivity contribution in [3.05, 3.63) is 0 Å². The smallest absolute Gasteiger partial charge is 0.0810 e. The van der Waals surface area contributed by atoms with Crippen LogP contribution in [0.25, 0.3) is 0 Å². The Morgan fingerprint density at radius 3 is 1.20 bits per heavy atom. The van der Waals surface area contributed by atoms with Crippen molar-refractivity contribution in [2.45, 2.75) is 123 Å². The van der Waals surface area contributed by atoms with E-state index in [1.165, 1.54) is 22.7 Å². The fraction of sp³-hybridized carbons (Fsp3) is 1.00. The predicted molar refractivity (Wildman–Crippen MR) is 179 cm³/mol. The minimum Gasteiger partial charge on any atom is -0.394 e. The molecule has 0 aromatic rings. The Hall–Kier alpha value is -0.263. The van der Waals surface area contributed by atoms with Gasteiger partial charge in [0.1, 0.15) is 0 Å². The van der Waals surface area contributed by atoms with Gasteiger partial charge in [-0.15, -0.1) is 0 Å². The van der Waals surface area contributed by atoms with Gasteiger partial charge in [-0.1, -0.05) is 19.4 Å². The van der Waals surface area contributed by atoms with Gasteiger partial charge in [-0.3, -0.25) is 0 Å². The fourth-order valence-corrected chi connectivity index (χ4v) is 2.79. The van der Waals surface area contributed by atoms with Crippen LogP contribution in [0.2, 0.25) is 6.04 Å². The Labute approximate surface area is 272 Å². The van der Waals surface area contributed by atoms with Crippen molar-refractivity contribution in [3.8, 4) is 0 Å². The summed E-state index contributed by atoms with van der Waals surface area (Å²) in [5.41, 5.74) is 0. The van der Waals surface area contributed by atoms with E-state index >= 15 is 0 Å². The molecule has 0 aliphatic carbocycles. The normalized spacial score (nSPS) is 16.4. The van der Waals surface area contributed by atoms with Crippen LogP contribution in [0.5, 0.6) is 0 Å². The average molecular weight is 665 g/mol. The second-order valence-corrected chi connectivity index (χ2v) is 11.9. The summed E-state index contributed by atoms with van der Waals surface area (Å²) in [5.74, 6) is 0. The molecule has 0 heterocycles. The minimum atomic E-state index is -0.530. The molecule has 0 amide bonds. The summed E-state index contributed by atoms with van der Waals surface area (Å²) < 4.78 is 41.4. The third-order valence-electron chi connectivity index (χ3n) is 5.46. The van der Waals surface area contributed by atoms with E-state index in [0.717, 1.165) is 6.42 Å². The van der Waals surface area contributed by atoms with Crippen LogP contribution in [0.3, 0.4) is 0 Å². The molecule has 0 fully saturated rings. The molecule has 0 rings (SSSR count). The maximum atomic E-state index is 9.24. The van der Waals surface area contributed by atoms with Crippen molar-refractivity contribution in [2.24, 2.45) is 0 Å². The highest BCUT2D eigenvalue weighted by atomic mass is 28.1. The Kier molecular flexibility index (Phi) is 44.7. The van der Waals surface area contributed by atoms with Gasteiger partial charge < -0.3 is 58.3 Å². The Balaban J connectivity index is -0.000000279. The zero-order chi connectivity index (χ0) is 34.8. The molecule has 12 nitrogen and oxygen atoms in total. The van der Waals surface area contributed by atoms with E-state index in [1.54, 1.807) is 49.2 Å². The number of methoxy groups -OCH3 is 4. The van der Waals surface area contributed by atoms with Crippen LogP contribution in [-0.2, 0) is 37.9 Å². The Morgan fingerprint density at radius 1 is 0.523 bits per heavy atom. The highest BCUT2D eigenvalue weighted by molar-refractivity contribution is 6.08. The number of hydrogen-bond acceptors (Lipinski definition) is 12. The van der Waals surface area contributed by atoms with Gasteiger partial charge in [-0.25, -0.2) is 0 Å². The van der Waals surface area contributed by atoms with Crippen LogP contribution in [0.15, 0.2) is 0 Å². The summed E-state index contributed by atoms with van der Waals surface area (Å²) in [4.78, 5) is 0. The second kappa shape index (κ2) is 38.9. The molecule has 0 spiro atoms. The molecule has 0 aromatic heterocycles. The van der Waals surface area contributed by atoms with E-state index in [-0.39, 0.29) is 55.9 Å². The maximum Gasteiger partial charge on any atom is 0.0810 e. The molecule has 272 valence electrons. The Bertz CT molecular complexity index is 496. The largest absolute Gasteiger partial charge is 0.394 e. The van der Waals surface area contributed by atoms with Crippen LogP contribution in [0, 0.1) is 0 Å². The molecule has 0 radical (unpaired) electrons. The second-order valence-electron chi connectivity index (χ2n) is 10.9. The monoisotopic (exact) mass is 664 g/mol. The summed E-state index contributed by atoms with van der Waals surface area (Å²) in [7, 11) is 7.92. The van der Waals surface area contributed by atoms with Crippen molar-refractivity contribution in [2.75, 3.05) is 81.3 Å². The van der Waals surface area contributed by atoms with Crippen LogP contribution >= 0.6 is 0 Å². The van der Waals surface area contributed by atoms with Gasteiger partial charge in [0.2, 0.25) is 0 Å². The lowest BCUT2D eigenvalue weighted by molar-refractivity contribution is -0.0655. The van der Waals surface area contributed by atoms with Gasteiger partial charge >= 0.3 is 0 Å².